The molecule has 0 aromatic rings. The van der Waals surface area contributed by atoms with Crippen molar-refractivity contribution < 1.29 is 78.7 Å². The first-order chi connectivity index (χ1) is 3.83. The molecule has 3 N–H and O–H groups in total. The maximum absolute atomic E-state index is 6.25. The average Bonchev–Trinajstić information content (AvgIpc) is 1.75. The quantitative estimate of drug-likeness (QED) is 0.118. The maximum Gasteiger partial charge on any atom is 0 e. The molecule has 0 unspecified atom stereocenters. The van der Waals surface area contributed by atoms with Crippen LogP contribution >= 0.6 is 37.2 Å². The molecule has 0 atom stereocenters. The summed E-state index contributed by atoms with van der Waals surface area (Å²) in [5, 5.41) is 12.0. The summed E-state index contributed by atoms with van der Waals surface area (Å²) in [6, 6.07) is 0. The fourth-order valence-corrected chi connectivity index (χ4v) is 0. The fourth-order valence-electron chi connectivity index (χ4n) is 0. The topological polar surface area (TPSA) is 73.7 Å². The van der Waals surface area contributed by atoms with Gasteiger partial charge in [0, 0.05) is 65.4 Å². The van der Waals surface area contributed by atoms with Crippen LogP contribution in [-0.2, 0) is 65.4 Å². The molecule has 0 spiro atoms. The maximum atomic E-state index is 6.25. The molecular weight excluding hydrogens is 649 g/mol. The van der Waals surface area contributed by atoms with Crippen LogP contribution in [0.5, 0.6) is 0 Å². The summed E-state index contributed by atoms with van der Waals surface area (Å²) in [6.45, 7) is 4.75. The van der Waals surface area contributed by atoms with E-state index in [1.165, 1.54) is 6.34 Å². The van der Waals surface area contributed by atoms with Crippen LogP contribution in [0.25, 0.3) is 0 Å². The smallest absolute Gasteiger partial charge is 0 e. The molecular formula is C4H9I3N3Y2-5. The zero-order valence-electron chi connectivity index (χ0n) is 6.81. The van der Waals surface area contributed by atoms with E-state index in [0.29, 0.717) is 13.3 Å². The molecule has 3 nitrogen and oxygen atoms in total. The monoisotopic (exact) mass is 658 g/mol. The molecule has 0 aromatic heterocycles. The van der Waals surface area contributed by atoms with Crippen LogP contribution in [0.1, 0.15) is 0 Å². The number of nitrogens with zero attached hydrogens (tertiary/aromatic N) is 1. The van der Waals surface area contributed by atoms with Crippen molar-refractivity contribution in [1.82, 2.24) is 0 Å². The van der Waals surface area contributed by atoms with Gasteiger partial charge < -0.3 is 44.2 Å². The fraction of sp³-hybridized carbons (Fsp3) is 0. The van der Waals surface area contributed by atoms with Crippen molar-refractivity contribution in [3.8, 4) is 0 Å². The van der Waals surface area contributed by atoms with Gasteiger partial charge in [0.2, 0.25) is 0 Å². The third-order valence-electron chi connectivity index (χ3n) is 0. The normalized spacial score (nSPS) is 3.00. The van der Waals surface area contributed by atoms with Crippen molar-refractivity contribution in [3.63, 3.8) is 0 Å². The van der Waals surface area contributed by atoms with E-state index in [0.717, 1.165) is 0 Å². The van der Waals surface area contributed by atoms with Crippen LogP contribution in [0.4, 0.5) is 0 Å². The molecule has 0 bridgehead atoms. The van der Waals surface area contributed by atoms with Crippen molar-refractivity contribution in [2.24, 2.45) is 5.73 Å². The van der Waals surface area contributed by atoms with Crippen molar-refractivity contribution in [2.45, 2.75) is 0 Å². The predicted octanol–water partition coefficient (Wildman–Crippen LogP) is -0.803. The van der Waals surface area contributed by atoms with Crippen LogP contribution in [-0.4, -0.2) is 6.34 Å². The first-order valence-electron chi connectivity index (χ1n) is 1.05. The van der Waals surface area contributed by atoms with Gasteiger partial charge in [0.25, 0.3) is 0 Å². The van der Waals surface area contributed by atoms with Gasteiger partial charge in [-0.25, -0.2) is 0 Å². The molecule has 0 aliphatic rings. The van der Waals surface area contributed by atoms with Gasteiger partial charge in [0.15, 0.2) is 0 Å². The molecule has 0 rings (SSSR count). The van der Waals surface area contributed by atoms with E-state index in [1.807, 2.05) is 0 Å². The second kappa shape index (κ2) is 89.2. The first kappa shape index (κ1) is 45.3. The summed E-state index contributed by atoms with van der Waals surface area (Å²) >= 11 is 5.30. The number of hydrogen-bond donors (Lipinski definition) is 2. The van der Waals surface area contributed by atoms with Crippen LogP contribution in [0.3, 0.4) is 0 Å². The zero-order chi connectivity index (χ0) is 7.41. The SMILES string of the molecule is I[I-]I.N=[C-]N.[C-]#N.[CH3-].[CH3-].[Y].[Y]. The number of nitrogens with two attached hydrogens (primary N) is 1. The van der Waals surface area contributed by atoms with E-state index >= 15 is 0 Å². The molecule has 0 aromatic carbocycles. The minimum atomic E-state index is 0. The molecule has 12 heavy (non-hydrogen) atoms. The van der Waals surface area contributed by atoms with Crippen molar-refractivity contribution in [1.29, 1.82) is 10.7 Å². The first-order valence-corrected chi connectivity index (χ1v) is 13.6. The molecule has 0 aliphatic heterocycles. The number of nitrogens with one attached hydrogen (secondary N) is 1. The number of rotatable bonds is 0. The molecule has 0 aliphatic carbocycles. The second-order valence-electron chi connectivity index (χ2n) is 0.198. The Morgan fingerprint density at radius 1 is 1.25 bits per heavy atom. The molecule has 0 saturated carbocycles. The summed E-state index contributed by atoms with van der Waals surface area (Å²) in [6.07, 6.45) is 1.50. The Labute approximate surface area is 156 Å². The summed E-state index contributed by atoms with van der Waals surface area (Å²) < 4.78 is 0. The molecule has 0 heterocycles. The molecule has 8 heteroatoms. The van der Waals surface area contributed by atoms with Crippen molar-refractivity contribution in [2.75, 3.05) is 0 Å². The van der Waals surface area contributed by atoms with Gasteiger partial charge in [-0.2, -0.15) is 0 Å². The minimum absolute atomic E-state index is 0. The third-order valence-corrected chi connectivity index (χ3v) is 0. The van der Waals surface area contributed by atoms with Crippen LogP contribution in [0, 0.1) is 32.1 Å². The van der Waals surface area contributed by atoms with Crippen LogP contribution in [0.15, 0.2) is 0 Å². The predicted molar refractivity (Wildman–Crippen MR) is 57.8 cm³/mol. The Morgan fingerprint density at radius 2 is 1.25 bits per heavy atom. The van der Waals surface area contributed by atoms with E-state index in [4.69, 9.17) is 17.2 Å². The Hall–Kier alpha value is 3.36. The number of hydrogen-bond acceptors (Lipinski definition) is 2. The van der Waals surface area contributed by atoms with Gasteiger partial charge in [0.1, 0.15) is 0 Å². The Balaban J connectivity index is -0.00000000544. The number of halogens is 3. The largest absolute Gasteiger partial charge is 0.563 e. The van der Waals surface area contributed by atoms with Gasteiger partial charge in [-0.3, -0.25) is 0 Å². The van der Waals surface area contributed by atoms with E-state index in [-0.39, 0.29) is 80.3 Å². The van der Waals surface area contributed by atoms with E-state index < -0.39 is 0 Å². The third kappa shape index (κ3) is 181. The molecule has 0 fully saturated rings. The van der Waals surface area contributed by atoms with Gasteiger partial charge in [0.05, 0.1) is 0 Å². The van der Waals surface area contributed by atoms with Gasteiger partial charge in [-0.15, -0.1) is 0 Å². The standard InChI is InChI=1S/CH3N2.CN.2CH3.I3.2Y/c2-1-3;1-2;;;1-3-2;;/h(H3,2,3);;2*1H3;;;/q5*-1;;. The van der Waals surface area contributed by atoms with Gasteiger partial charge in [-0.1, -0.05) is 0 Å². The van der Waals surface area contributed by atoms with E-state index in [1.54, 1.807) is 0 Å². The van der Waals surface area contributed by atoms with Crippen molar-refractivity contribution >= 4 is 43.6 Å². The molecule has 0 saturated heterocycles. The van der Waals surface area contributed by atoms with Crippen molar-refractivity contribution in [3.05, 3.63) is 21.4 Å². The summed E-state index contributed by atoms with van der Waals surface area (Å²) in [7, 11) is 0. The molecule has 0 amide bonds. The Bertz CT molecular complexity index is 56.1. The summed E-state index contributed by atoms with van der Waals surface area (Å²) in [4.78, 5) is 0. The van der Waals surface area contributed by atoms with Gasteiger partial charge >= 0.3 is 50.5 Å². The second-order valence-corrected chi connectivity index (χ2v) is 16.4. The summed E-state index contributed by atoms with van der Waals surface area (Å²) in [5.41, 5.74) is 4.26. The molecule has 72 valence electrons. The van der Waals surface area contributed by atoms with Crippen LogP contribution < -0.4 is 19.0 Å². The zero-order valence-corrected chi connectivity index (χ0v) is 19.0. The van der Waals surface area contributed by atoms with Gasteiger partial charge in [-0.05, 0) is 0 Å². The molecule has 2 radical (unpaired) electrons. The average molecular weight is 658 g/mol. The Morgan fingerprint density at radius 3 is 1.25 bits per heavy atom. The van der Waals surface area contributed by atoms with Crippen LogP contribution in [0.2, 0.25) is 0 Å². The minimum Gasteiger partial charge on any atom is -0.563 e. The summed E-state index contributed by atoms with van der Waals surface area (Å²) in [5.74, 6) is 0. The Kier molecular flexibility index (Phi) is 337. The van der Waals surface area contributed by atoms with E-state index in [2.05, 4.69) is 43.0 Å². The van der Waals surface area contributed by atoms with E-state index in [9.17, 15) is 0 Å².